The molecule has 70 valence electrons. The maximum atomic E-state index is 12.8. The summed E-state index contributed by atoms with van der Waals surface area (Å²) < 4.78 is 12.8. The predicted octanol–water partition coefficient (Wildman–Crippen LogP) is 1.13. The Morgan fingerprint density at radius 2 is 2.23 bits per heavy atom. The number of nitrogens with two attached hydrogens (primary N) is 1. The first-order valence-electron chi connectivity index (χ1n) is 4.40. The van der Waals surface area contributed by atoms with Gasteiger partial charge in [-0.05, 0) is 36.1 Å². The van der Waals surface area contributed by atoms with Crippen LogP contribution in [0.25, 0.3) is 0 Å². The van der Waals surface area contributed by atoms with Gasteiger partial charge in [-0.3, -0.25) is 0 Å². The van der Waals surface area contributed by atoms with Gasteiger partial charge in [-0.25, -0.2) is 4.39 Å². The molecule has 3 heteroatoms. The lowest BCUT2D eigenvalue weighted by Gasteiger charge is -2.27. The molecule has 2 nitrogen and oxygen atoms in total. The monoisotopic (exact) mass is 181 g/mol. The van der Waals surface area contributed by atoms with E-state index in [1.54, 1.807) is 6.07 Å². The van der Waals surface area contributed by atoms with Crippen LogP contribution in [0.4, 0.5) is 4.39 Å². The second-order valence-electron chi connectivity index (χ2n) is 3.49. The standard InChI is InChI=1S/C10H12FNO/c11-7-3-1-6-2-4-9(12)10(13)8(6)5-7/h1,3,5,9-10,13H,2,4,12H2/t9-,10-/m0/s1. The summed E-state index contributed by atoms with van der Waals surface area (Å²) in [5.41, 5.74) is 7.33. The van der Waals surface area contributed by atoms with Crippen LogP contribution in [0.5, 0.6) is 0 Å². The third-order valence-electron chi connectivity index (χ3n) is 2.58. The first-order chi connectivity index (χ1) is 6.18. The molecule has 1 aromatic rings. The number of aliphatic hydroxyl groups is 1. The Morgan fingerprint density at radius 3 is 3.00 bits per heavy atom. The molecule has 0 amide bonds. The van der Waals surface area contributed by atoms with Crippen LogP contribution in [0.2, 0.25) is 0 Å². The zero-order valence-corrected chi connectivity index (χ0v) is 7.20. The largest absolute Gasteiger partial charge is 0.387 e. The number of benzene rings is 1. The van der Waals surface area contributed by atoms with Crippen LogP contribution in [0.1, 0.15) is 23.7 Å². The average molecular weight is 181 g/mol. The van der Waals surface area contributed by atoms with Crippen molar-refractivity contribution >= 4 is 0 Å². The van der Waals surface area contributed by atoms with Gasteiger partial charge >= 0.3 is 0 Å². The first-order valence-corrected chi connectivity index (χ1v) is 4.40. The summed E-state index contributed by atoms with van der Waals surface area (Å²) in [6.07, 6.45) is 0.882. The molecule has 0 unspecified atom stereocenters. The number of hydrogen-bond acceptors (Lipinski definition) is 2. The highest BCUT2D eigenvalue weighted by Crippen LogP contribution is 2.29. The van der Waals surface area contributed by atoms with Gasteiger partial charge in [0.2, 0.25) is 0 Å². The van der Waals surface area contributed by atoms with Gasteiger partial charge in [-0.2, -0.15) is 0 Å². The molecule has 0 bridgehead atoms. The average Bonchev–Trinajstić information content (AvgIpc) is 2.12. The van der Waals surface area contributed by atoms with Crippen LogP contribution in [0.15, 0.2) is 18.2 Å². The predicted molar refractivity (Wildman–Crippen MR) is 47.7 cm³/mol. The summed E-state index contributed by atoms with van der Waals surface area (Å²) in [7, 11) is 0. The van der Waals surface area contributed by atoms with Crippen molar-refractivity contribution in [2.24, 2.45) is 5.73 Å². The minimum Gasteiger partial charge on any atom is -0.387 e. The topological polar surface area (TPSA) is 46.2 Å². The van der Waals surface area contributed by atoms with Crippen molar-refractivity contribution in [1.82, 2.24) is 0 Å². The third kappa shape index (κ3) is 1.45. The summed E-state index contributed by atoms with van der Waals surface area (Å²) in [5, 5.41) is 9.66. The van der Waals surface area contributed by atoms with E-state index in [0.717, 1.165) is 18.4 Å². The lowest BCUT2D eigenvalue weighted by molar-refractivity contribution is 0.133. The molecular formula is C10H12FNO. The molecule has 0 saturated carbocycles. The number of aliphatic hydroxyl groups excluding tert-OH is 1. The Balaban J connectivity index is 2.45. The van der Waals surface area contributed by atoms with E-state index in [-0.39, 0.29) is 11.9 Å². The number of fused-ring (bicyclic) bond motifs is 1. The second-order valence-corrected chi connectivity index (χ2v) is 3.49. The minimum atomic E-state index is -0.709. The molecule has 0 radical (unpaired) electrons. The molecule has 13 heavy (non-hydrogen) atoms. The van der Waals surface area contributed by atoms with E-state index in [4.69, 9.17) is 5.73 Å². The van der Waals surface area contributed by atoms with Gasteiger partial charge < -0.3 is 10.8 Å². The molecule has 2 atom stereocenters. The Kier molecular flexibility index (Phi) is 2.06. The normalized spacial score (nSPS) is 27.0. The van der Waals surface area contributed by atoms with Gasteiger partial charge in [-0.15, -0.1) is 0 Å². The SMILES string of the molecule is N[C@H]1CCc2ccc(F)cc2[C@@H]1O. The van der Waals surface area contributed by atoms with Gasteiger partial charge in [-0.1, -0.05) is 6.07 Å². The van der Waals surface area contributed by atoms with Gasteiger partial charge in [0.15, 0.2) is 0 Å². The Morgan fingerprint density at radius 1 is 1.46 bits per heavy atom. The molecule has 0 heterocycles. The van der Waals surface area contributed by atoms with Crippen LogP contribution < -0.4 is 5.73 Å². The highest BCUT2D eigenvalue weighted by atomic mass is 19.1. The zero-order valence-electron chi connectivity index (χ0n) is 7.20. The lowest BCUT2D eigenvalue weighted by Crippen LogP contribution is -2.33. The third-order valence-corrected chi connectivity index (χ3v) is 2.58. The van der Waals surface area contributed by atoms with Crippen LogP contribution in [-0.2, 0) is 6.42 Å². The minimum absolute atomic E-state index is 0.255. The van der Waals surface area contributed by atoms with Gasteiger partial charge in [0.1, 0.15) is 5.82 Å². The molecule has 0 aliphatic heterocycles. The highest BCUT2D eigenvalue weighted by molar-refractivity contribution is 5.33. The van der Waals surface area contributed by atoms with Crippen molar-refractivity contribution < 1.29 is 9.50 Å². The van der Waals surface area contributed by atoms with Crippen molar-refractivity contribution in [2.45, 2.75) is 25.0 Å². The van der Waals surface area contributed by atoms with Crippen molar-refractivity contribution in [3.05, 3.63) is 35.1 Å². The van der Waals surface area contributed by atoms with Gasteiger partial charge in [0.05, 0.1) is 6.10 Å². The van der Waals surface area contributed by atoms with Crippen molar-refractivity contribution in [3.63, 3.8) is 0 Å². The highest BCUT2D eigenvalue weighted by Gasteiger charge is 2.24. The summed E-state index contributed by atoms with van der Waals surface area (Å²) in [4.78, 5) is 0. The van der Waals surface area contributed by atoms with Crippen molar-refractivity contribution in [1.29, 1.82) is 0 Å². The summed E-state index contributed by atoms with van der Waals surface area (Å²) in [6, 6.07) is 4.26. The Bertz CT molecular complexity index is 327. The fourth-order valence-electron chi connectivity index (χ4n) is 1.78. The van der Waals surface area contributed by atoms with E-state index in [1.165, 1.54) is 12.1 Å². The second kappa shape index (κ2) is 3.09. The maximum absolute atomic E-state index is 12.8. The summed E-state index contributed by atoms with van der Waals surface area (Å²) in [5.74, 6) is -0.313. The van der Waals surface area contributed by atoms with E-state index in [2.05, 4.69) is 0 Å². The molecule has 0 aromatic heterocycles. The summed E-state index contributed by atoms with van der Waals surface area (Å²) in [6.45, 7) is 0. The van der Waals surface area contributed by atoms with Gasteiger partial charge in [0, 0.05) is 6.04 Å². The molecule has 2 rings (SSSR count). The van der Waals surface area contributed by atoms with E-state index < -0.39 is 6.10 Å². The molecule has 0 saturated heterocycles. The van der Waals surface area contributed by atoms with E-state index in [0.29, 0.717) is 5.56 Å². The zero-order chi connectivity index (χ0) is 9.42. The van der Waals surface area contributed by atoms with Crippen LogP contribution in [0, 0.1) is 5.82 Å². The Hall–Kier alpha value is -0.930. The van der Waals surface area contributed by atoms with E-state index in [9.17, 15) is 9.50 Å². The lowest BCUT2D eigenvalue weighted by atomic mass is 9.86. The van der Waals surface area contributed by atoms with E-state index >= 15 is 0 Å². The quantitative estimate of drug-likeness (QED) is 0.630. The molecule has 1 aliphatic rings. The Labute approximate surface area is 76.2 Å². The molecule has 1 aliphatic carbocycles. The molecule has 0 fully saturated rings. The summed E-state index contributed by atoms with van der Waals surface area (Å²) >= 11 is 0. The molecule has 3 N–H and O–H groups in total. The maximum Gasteiger partial charge on any atom is 0.123 e. The number of aryl methyl sites for hydroxylation is 1. The smallest absolute Gasteiger partial charge is 0.123 e. The first kappa shape index (κ1) is 8.66. The molecule has 1 aromatic carbocycles. The van der Waals surface area contributed by atoms with Crippen LogP contribution in [0.3, 0.4) is 0 Å². The number of rotatable bonds is 0. The van der Waals surface area contributed by atoms with Crippen LogP contribution >= 0.6 is 0 Å². The van der Waals surface area contributed by atoms with Gasteiger partial charge in [0.25, 0.3) is 0 Å². The fourth-order valence-corrected chi connectivity index (χ4v) is 1.78. The number of hydrogen-bond donors (Lipinski definition) is 2. The fraction of sp³-hybridized carbons (Fsp3) is 0.400. The number of halogens is 1. The van der Waals surface area contributed by atoms with Crippen LogP contribution in [-0.4, -0.2) is 11.1 Å². The van der Waals surface area contributed by atoms with Crippen molar-refractivity contribution in [3.8, 4) is 0 Å². The van der Waals surface area contributed by atoms with Crippen molar-refractivity contribution in [2.75, 3.05) is 0 Å². The molecule has 0 spiro atoms. The van der Waals surface area contributed by atoms with E-state index in [1.807, 2.05) is 0 Å². The molecular weight excluding hydrogens is 169 g/mol.